The van der Waals surface area contributed by atoms with E-state index >= 15 is 0 Å². The second-order valence-electron chi connectivity index (χ2n) is 7.33. The summed E-state index contributed by atoms with van der Waals surface area (Å²) in [6, 6.07) is 6.81. The Balaban J connectivity index is 1.92. The van der Waals surface area contributed by atoms with E-state index in [-0.39, 0.29) is 36.0 Å². The number of methoxy groups -OCH3 is 1. The van der Waals surface area contributed by atoms with Crippen molar-refractivity contribution < 1.29 is 17.9 Å². The molecule has 0 radical (unpaired) electrons. The summed E-state index contributed by atoms with van der Waals surface area (Å²) in [7, 11) is -1.57. The number of sulfone groups is 1. The van der Waals surface area contributed by atoms with E-state index in [4.69, 9.17) is 4.74 Å². The van der Waals surface area contributed by atoms with Crippen molar-refractivity contribution in [1.29, 1.82) is 0 Å². The van der Waals surface area contributed by atoms with Crippen molar-refractivity contribution in [3.05, 3.63) is 24.3 Å². The fourth-order valence-corrected chi connectivity index (χ4v) is 5.70. The van der Waals surface area contributed by atoms with E-state index in [2.05, 4.69) is 18.7 Å². The number of amides is 1. The second kappa shape index (κ2) is 6.96. The van der Waals surface area contributed by atoms with Gasteiger partial charge in [0.15, 0.2) is 9.84 Å². The lowest BCUT2D eigenvalue weighted by Crippen LogP contribution is -2.62. The molecule has 0 aromatic heterocycles. The zero-order valence-corrected chi connectivity index (χ0v) is 15.8. The third-order valence-corrected chi connectivity index (χ3v) is 6.73. The van der Waals surface area contributed by atoms with E-state index in [9.17, 15) is 13.2 Å². The quantitative estimate of drug-likeness (QED) is 0.791. The Morgan fingerprint density at radius 1 is 1.24 bits per heavy atom. The van der Waals surface area contributed by atoms with Crippen molar-refractivity contribution in [2.45, 2.75) is 32.4 Å². The lowest BCUT2D eigenvalue weighted by atomic mass is 10.0. The van der Waals surface area contributed by atoms with Gasteiger partial charge in [-0.25, -0.2) is 8.42 Å². The smallest absolute Gasteiger partial charge is 0.241 e. The van der Waals surface area contributed by atoms with Gasteiger partial charge >= 0.3 is 0 Å². The molecule has 25 heavy (non-hydrogen) atoms. The normalized spacial score (nSPS) is 26.1. The first-order valence-corrected chi connectivity index (χ1v) is 10.5. The van der Waals surface area contributed by atoms with Crippen LogP contribution in [0.5, 0.6) is 5.75 Å². The molecule has 2 atom stereocenters. The maximum atomic E-state index is 12.9. The lowest BCUT2D eigenvalue weighted by Gasteiger charge is -2.43. The monoisotopic (exact) mass is 366 g/mol. The predicted octanol–water partition coefficient (Wildman–Crippen LogP) is 1.56. The number of hydrogen-bond acceptors (Lipinski definition) is 5. The van der Waals surface area contributed by atoms with Gasteiger partial charge in [-0.05, 0) is 31.0 Å². The number of carbonyl (C=O) groups is 1. The van der Waals surface area contributed by atoms with Gasteiger partial charge in [0.2, 0.25) is 5.91 Å². The number of anilines is 1. The summed E-state index contributed by atoms with van der Waals surface area (Å²) < 4.78 is 29.8. The van der Waals surface area contributed by atoms with Crippen LogP contribution in [0.1, 0.15) is 20.3 Å². The molecular formula is C18H26N2O4S. The number of piperazine rings is 1. The highest BCUT2D eigenvalue weighted by atomic mass is 32.2. The predicted molar refractivity (Wildman–Crippen MR) is 97.7 cm³/mol. The summed E-state index contributed by atoms with van der Waals surface area (Å²) in [5.74, 6) is 1.28. The van der Waals surface area contributed by atoms with Gasteiger partial charge in [-0.2, -0.15) is 0 Å². The van der Waals surface area contributed by atoms with Crippen molar-refractivity contribution in [2.75, 3.05) is 36.6 Å². The average molecular weight is 366 g/mol. The van der Waals surface area contributed by atoms with Gasteiger partial charge in [-0.15, -0.1) is 0 Å². The first-order valence-electron chi connectivity index (χ1n) is 8.71. The number of hydrogen-bond donors (Lipinski definition) is 0. The van der Waals surface area contributed by atoms with Gasteiger partial charge < -0.3 is 9.64 Å². The van der Waals surface area contributed by atoms with Crippen molar-refractivity contribution >= 4 is 21.4 Å². The molecule has 138 valence electrons. The molecule has 1 aromatic carbocycles. The largest absolute Gasteiger partial charge is 0.497 e. The zero-order chi connectivity index (χ0) is 18.2. The van der Waals surface area contributed by atoms with Crippen molar-refractivity contribution in [1.82, 2.24) is 4.90 Å². The van der Waals surface area contributed by atoms with Crippen molar-refractivity contribution in [3.8, 4) is 5.75 Å². The summed E-state index contributed by atoms with van der Waals surface area (Å²) >= 11 is 0. The van der Waals surface area contributed by atoms with Crippen LogP contribution >= 0.6 is 0 Å². The van der Waals surface area contributed by atoms with Gasteiger partial charge in [-0.1, -0.05) is 19.9 Å². The zero-order valence-electron chi connectivity index (χ0n) is 15.0. The minimum Gasteiger partial charge on any atom is -0.497 e. The minimum absolute atomic E-state index is 0.0266. The molecule has 1 aromatic rings. The van der Waals surface area contributed by atoms with Crippen LogP contribution in [-0.2, 0) is 14.6 Å². The molecule has 2 aliphatic heterocycles. The molecule has 2 fully saturated rings. The first kappa shape index (κ1) is 18.2. The first-order chi connectivity index (χ1) is 11.8. The SMILES string of the molecule is COc1cccc(N2C(=O)CN(CCC(C)C)C3CS(=O)(=O)CC32)c1. The van der Waals surface area contributed by atoms with Crippen LogP contribution in [-0.4, -0.2) is 63.0 Å². The molecule has 0 aliphatic carbocycles. The summed E-state index contributed by atoms with van der Waals surface area (Å²) in [5.41, 5.74) is 0.708. The van der Waals surface area contributed by atoms with E-state index in [1.165, 1.54) is 0 Å². The van der Waals surface area contributed by atoms with E-state index in [1.54, 1.807) is 18.1 Å². The molecule has 2 aliphatic rings. The Morgan fingerprint density at radius 2 is 1.96 bits per heavy atom. The summed E-state index contributed by atoms with van der Waals surface area (Å²) in [4.78, 5) is 16.6. The van der Waals surface area contributed by atoms with Gasteiger partial charge in [0, 0.05) is 17.8 Å². The van der Waals surface area contributed by atoms with Crippen LogP contribution in [0.2, 0.25) is 0 Å². The summed E-state index contributed by atoms with van der Waals surface area (Å²) in [5, 5.41) is 0. The lowest BCUT2D eigenvalue weighted by molar-refractivity contribution is -0.123. The highest BCUT2D eigenvalue weighted by Crippen LogP contribution is 2.33. The van der Waals surface area contributed by atoms with Crippen molar-refractivity contribution in [2.24, 2.45) is 5.92 Å². The Bertz CT molecular complexity index is 747. The molecule has 2 saturated heterocycles. The molecule has 6 nitrogen and oxygen atoms in total. The van der Waals surface area contributed by atoms with E-state index in [0.717, 1.165) is 13.0 Å². The molecule has 0 spiro atoms. The van der Waals surface area contributed by atoms with Crippen LogP contribution in [0.25, 0.3) is 0 Å². The Hall–Kier alpha value is -1.60. The average Bonchev–Trinajstić information content (AvgIpc) is 2.87. The van der Waals surface area contributed by atoms with E-state index in [1.807, 2.05) is 18.2 Å². The van der Waals surface area contributed by atoms with Gasteiger partial charge in [0.1, 0.15) is 5.75 Å². The number of ether oxygens (including phenoxy) is 1. The van der Waals surface area contributed by atoms with Crippen LogP contribution < -0.4 is 9.64 Å². The topological polar surface area (TPSA) is 66.9 Å². The van der Waals surface area contributed by atoms with Crippen LogP contribution in [0.4, 0.5) is 5.69 Å². The molecular weight excluding hydrogens is 340 g/mol. The maximum Gasteiger partial charge on any atom is 0.241 e. The van der Waals surface area contributed by atoms with Gasteiger partial charge in [-0.3, -0.25) is 9.69 Å². The van der Waals surface area contributed by atoms with Crippen LogP contribution in [0, 0.1) is 5.92 Å². The summed E-state index contributed by atoms with van der Waals surface area (Å²) in [6.45, 7) is 5.29. The third-order valence-electron chi connectivity index (χ3n) is 5.03. The third kappa shape index (κ3) is 3.82. The highest BCUT2D eigenvalue weighted by molar-refractivity contribution is 7.91. The van der Waals surface area contributed by atoms with Gasteiger partial charge in [0.05, 0.1) is 31.2 Å². The number of nitrogens with zero attached hydrogens (tertiary/aromatic N) is 2. The molecule has 2 unspecified atom stereocenters. The molecule has 7 heteroatoms. The van der Waals surface area contributed by atoms with Crippen LogP contribution in [0.15, 0.2) is 24.3 Å². The summed E-state index contributed by atoms with van der Waals surface area (Å²) in [6.07, 6.45) is 0.954. The number of carbonyl (C=O) groups excluding carboxylic acids is 1. The Morgan fingerprint density at radius 3 is 2.64 bits per heavy atom. The molecule has 3 rings (SSSR count). The van der Waals surface area contributed by atoms with E-state index < -0.39 is 9.84 Å². The minimum atomic E-state index is -3.15. The fraction of sp³-hybridized carbons (Fsp3) is 0.611. The molecule has 0 bridgehead atoms. The second-order valence-corrected chi connectivity index (χ2v) is 9.48. The highest BCUT2D eigenvalue weighted by Gasteiger charge is 2.49. The Labute approximate surface area is 149 Å². The fourth-order valence-electron chi connectivity index (χ4n) is 3.72. The molecule has 0 saturated carbocycles. The molecule has 1 amide bonds. The maximum absolute atomic E-state index is 12.9. The standard InChI is InChI=1S/C18H26N2O4S/c1-13(2)7-8-19-10-18(21)20(14-5-4-6-15(9-14)24-3)17-12-25(22,23)11-16(17)19/h4-6,9,13,16-17H,7-8,10-12H2,1-3H3. The van der Waals surface area contributed by atoms with Crippen molar-refractivity contribution in [3.63, 3.8) is 0 Å². The number of benzene rings is 1. The number of fused-ring (bicyclic) bond motifs is 1. The molecule has 0 N–H and O–H groups in total. The number of rotatable bonds is 5. The van der Waals surface area contributed by atoms with Gasteiger partial charge in [0.25, 0.3) is 0 Å². The van der Waals surface area contributed by atoms with Crippen LogP contribution in [0.3, 0.4) is 0 Å². The van der Waals surface area contributed by atoms with E-state index in [0.29, 0.717) is 17.4 Å². The Kier molecular flexibility index (Phi) is 5.06. The molecule has 2 heterocycles.